The molecule has 0 bridgehead atoms. The van der Waals surface area contributed by atoms with Gasteiger partial charge in [-0.3, -0.25) is 9.78 Å². The van der Waals surface area contributed by atoms with Gasteiger partial charge in [0.05, 0.1) is 0 Å². The molecule has 148 valence electrons. The molecule has 0 aliphatic carbocycles. The summed E-state index contributed by atoms with van der Waals surface area (Å²) in [6.07, 6.45) is 3.38. The highest BCUT2D eigenvalue weighted by Gasteiger charge is 2.24. The molecule has 2 heterocycles. The second-order valence-corrected chi connectivity index (χ2v) is 7.14. The summed E-state index contributed by atoms with van der Waals surface area (Å²) in [5, 5.41) is 6.27. The second kappa shape index (κ2) is 9.41. The molecular weight excluding hydrogens is 378 g/mol. The maximum atomic E-state index is 12.5. The Morgan fingerprint density at radius 3 is 2.64 bits per heavy atom. The van der Waals surface area contributed by atoms with Crippen LogP contribution in [0.4, 0.5) is 10.5 Å². The molecule has 1 saturated heterocycles. The minimum absolute atomic E-state index is 0.227. The summed E-state index contributed by atoms with van der Waals surface area (Å²) >= 11 is 6.05. The number of aromatic nitrogens is 1. The van der Waals surface area contributed by atoms with Gasteiger partial charge in [-0.05, 0) is 36.8 Å². The van der Waals surface area contributed by atoms with Gasteiger partial charge in [-0.2, -0.15) is 0 Å². The standard InChI is InChI=1S/C20H24ClN5O2/c1-15(19(27)23-14-16-4-3-7-22-13-16)24-20(28)26-10-8-25(9-11-26)18-6-2-5-17(21)12-18/h2-7,12-13,15H,8-11,14H2,1H3,(H,23,27)(H,24,28)/t15-/m0/s1. The van der Waals surface area contributed by atoms with E-state index in [-0.39, 0.29) is 11.9 Å². The van der Waals surface area contributed by atoms with Crippen LogP contribution in [0.15, 0.2) is 48.8 Å². The van der Waals surface area contributed by atoms with Gasteiger partial charge in [0.1, 0.15) is 6.04 Å². The summed E-state index contributed by atoms with van der Waals surface area (Å²) in [5.74, 6) is -0.227. The summed E-state index contributed by atoms with van der Waals surface area (Å²) in [4.78, 5) is 32.6. The van der Waals surface area contributed by atoms with Crippen molar-refractivity contribution in [3.8, 4) is 0 Å². The van der Waals surface area contributed by atoms with Crippen LogP contribution in [0.3, 0.4) is 0 Å². The zero-order valence-corrected chi connectivity index (χ0v) is 16.5. The van der Waals surface area contributed by atoms with E-state index in [0.717, 1.165) is 24.3 Å². The van der Waals surface area contributed by atoms with Gasteiger partial charge in [0.15, 0.2) is 0 Å². The largest absolute Gasteiger partial charge is 0.368 e. The van der Waals surface area contributed by atoms with Crippen LogP contribution in [0.25, 0.3) is 0 Å². The molecule has 28 heavy (non-hydrogen) atoms. The molecule has 1 aliphatic heterocycles. The van der Waals surface area contributed by atoms with E-state index < -0.39 is 6.04 Å². The van der Waals surface area contributed by atoms with E-state index in [2.05, 4.69) is 20.5 Å². The average molecular weight is 402 g/mol. The number of pyridine rings is 1. The van der Waals surface area contributed by atoms with Gasteiger partial charge < -0.3 is 20.4 Å². The zero-order valence-electron chi connectivity index (χ0n) is 15.8. The third-order valence-electron chi connectivity index (χ3n) is 4.66. The number of carbonyl (C=O) groups excluding carboxylic acids is 2. The van der Waals surface area contributed by atoms with E-state index in [1.54, 1.807) is 24.2 Å². The van der Waals surface area contributed by atoms with Crippen LogP contribution in [0, 0.1) is 0 Å². The van der Waals surface area contributed by atoms with E-state index in [4.69, 9.17) is 11.6 Å². The third-order valence-corrected chi connectivity index (χ3v) is 4.90. The van der Waals surface area contributed by atoms with Crippen molar-refractivity contribution in [2.75, 3.05) is 31.1 Å². The quantitative estimate of drug-likeness (QED) is 0.805. The average Bonchev–Trinajstić information content (AvgIpc) is 2.72. The van der Waals surface area contributed by atoms with Crippen LogP contribution in [0.5, 0.6) is 0 Å². The Morgan fingerprint density at radius 1 is 1.18 bits per heavy atom. The maximum absolute atomic E-state index is 12.5. The highest BCUT2D eigenvalue weighted by atomic mass is 35.5. The van der Waals surface area contributed by atoms with E-state index >= 15 is 0 Å². The Morgan fingerprint density at radius 2 is 1.96 bits per heavy atom. The molecule has 0 saturated carbocycles. The fraction of sp³-hybridized carbons (Fsp3) is 0.350. The molecule has 1 aromatic carbocycles. The predicted molar refractivity (Wildman–Crippen MR) is 109 cm³/mol. The normalized spacial score (nSPS) is 15.1. The Bertz CT molecular complexity index is 809. The van der Waals surface area contributed by atoms with Crippen LogP contribution in [-0.4, -0.2) is 54.0 Å². The van der Waals surface area contributed by atoms with E-state index in [1.165, 1.54) is 0 Å². The number of hydrogen-bond donors (Lipinski definition) is 2. The number of rotatable bonds is 5. The number of anilines is 1. The fourth-order valence-electron chi connectivity index (χ4n) is 3.03. The molecule has 1 aliphatic rings. The van der Waals surface area contributed by atoms with E-state index in [1.807, 2.05) is 36.4 Å². The molecule has 3 rings (SSSR count). The van der Waals surface area contributed by atoms with E-state index in [9.17, 15) is 9.59 Å². The van der Waals surface area contributed by atoms with Crippen LogP contribution < -0.4 is 15.5 Å². The maximum Gasteiger partial charge on any atom is 0.318 e. The summed E-state index contributed by atoms with van der Waals surface area (Å²) in [5.41, 5.74) is 1.96. The lowest BCUT2D eigenvalue weighted by atomic mass is 10.2. The van der Waals surface area contributed by atoms with Crippen LogP contribution in [0.2, 0.25) is 5.02 Å². The Hall–Kier alpha value is -2.80. The van der Waals surface area contributed by atoms with Gasteiger partial charge >= 0.3 is 6.03 Å². The first-order valence-electron chi connectivity index (χ1n) is 9.25. The number of piperazine rings is 1. The molecule has 0 radical (unpaired) electrons. The molecule has 0 spiro atoms. The molecule has 1 atom stereocenters. The van der Waals surface area contributed by atoms with Gasteiger partial charge in [-0.1, -0.05) is 23.7 Å². The predicted octanol–water partition coefficient (Wildman–Crippen LogP) is 2.27. The number of benzene rings is 1. The van der Waals surface area contributed by atoms with Crippen LogP contribution in [0.1, 0.15) is 12.5 Å². The first kappa shape index (κ1) is 19.9. The van der Waals surface area contributed by atoms with Crippen molar-refractivity contribution in [1.82, 2.24) is 20.5 Å². The summed E-state index contributed by atoms with van der Waals surface area (Å²) < 4.78 is 0. The van der Waals surface area contributed by atoms with Crippen molar-refractivity contribution in [2.24, 2.45) is 0 Å². The van der Waals surface area contributed by atoms with Crippen LogP contribution in [-0.2, 0) is 11.3 Å². The van der Waals surface area contributed by atoms with Gasteiger partial charge in [0.25, 0.3) is 0 Å². The lowest BCUT2D eigenvalue weighted by Gasteiger charge is -2.36. The Kier molecular flexibility index (Phi) is 6.71. The van der Waals surface area contributed by atoms with Crippen molar-refractivity contribution < 1.29 is 9.59 Å². The van der Waals surface area contributed by atoms with Gasteiger partial charge in [-0.25, -0.2) is 4.79 Å². The lowest BCUT2D eigenvalue weighted by molar-refractivity contribution is -0.122. The molecule has 1 fully saturated rings. The van der Waals surface area contributed by atoms with Gasteiger partial charge in [0.2, 0.25) is 5.91 Å². The summed E-state index contributed by atoms with van der Waals surface area (Å²) in [6.45, 7) is 4.67. The Labute approximate surface area is 169 Å². The molecule has 8 heteroatoms. The molecule has 2 N–H and O–H groups in total. The minimum atomic E-state index is -0.616. The van der Waals surface area contributed by atoms with Gasteiger partial charge in [-0.15, -0.1) is 0 Å². The van der Waals surface area contributed by atoms with Crippen molar-refractivity contribution in [2.45, 2.75) is 19.5 Å². The third kappa shape index (κ3) is 5.36. The number of urea groups is 1. The van der Waals surface area contributed by atoms with Crippen molar-refractivity contribution in [1.29, 1.82) is 0 Å². The highest BCUT2D eigenvalue weighted by molar-refractivity contribution is 6.30. The molecule has 7 nitrogen and oxygen atoms in total. The fourth-order valence-corrected chi connectivity index (χ4v) is 3.21. The van der Waals surface area contributed by atoms with Crippen LogP contribution >= 0.6 is 11.6 Å². The lowest BCUT2D eigenvalue weighted by Crippen LogP contribution is -2.55. The second-order valence-electron chi connectivity index (χ2n) is 6.70. The molecule has 3 amide bonds. The summed E-state index contributed by atoms with van der Waals surface area (Å²) in [7, 11) is 0. The zero-order chi connectivity index (χ0) is 19.9. The van der Waals surface area contributed by atoms with Crippen molar-refractivity contribution in [3.63, 3.8) is 0 Å². The molecule has 2 aromatic rings. The number of halogens is 1. The summed E-state index contributed by atoms with van der Waals surface area (Å²) in [6, 6.07) is 10.6. The Balaban J connectivity index is 1.44. The minimum Gasteiger partial charge on any atom is -0.368 e. The van der Waals surface area contributed by atoms with Crippen molar-refractivity contribution >= 4 is 29.2 Å². The highest BCUT2D eigenvalue weighted by Crippen LogP contribution is 2.20. The van der Waals surface area contributed by atoms with Crippen molar-refractivity contribution in [3.05, 3.63) is 59.4 Å². The molecular formula is C20H24ClN5O2. The first-order valence-corrected chi connectivity index (χ1v) is 9.63. The number of carbonyl (C=O) groups is 2. The monoisotopic (exact) mass is 401 g/mol. The number of nitrogens with zero attached hydrogens (tertiary/aromatic N) is 3. The number of amides is 3. The first-order chi connectivity index (χ1) is 13.5. The SMILES string of the molecule is C[C@H](NC(=O)N1CCN(c2cccc(Cl)c2)CC1)C(=O)NCc1cccnc1. The number of hydrogen-bond acceptors (Lipinski definition) is 4. The van der Waals surface area contributed by atoms with Gasteiger partial charge in [0, 0.05) is 55.8 Å². The smallest absolute Gasteiger partial charge is 0.318 e. The molecule has 0 unspecified atom stereocenters. The topological polar surface area (TPSA) is 77.6 Å². The molecule has 1 aromatic heterocycles. The van der Waals surface area contributed by atoms with E-state index in [0.29, 0.717) is 24.7 Å². The number of nitrogens with one attached hydrogen (secondary N) is 2.